The van der Waals surface area contributed by atoms with E-state index >= 15 is 0 Å². The summed E-state index contributed by atoms with van der Waals surface area (Å²) < 4.78 is 0. The highest BCUT2D eigenvalue weighted by Gasteiger charge is 2.14. The van der Waals surface area contributed by atoms with Crippen LogP contribution in [0.1, 0.15) is 42.4 Å². The van der Waals surface area contributed by atoms with Crippen molar-refractivity contribution in [2.24, 2.45) is 11.7 Å². The molecule has 0 aliphatic rings. The lowest BCUT2D eigenvalue weighted by Gasteiger charge is -2.19. The monoisotopic (exact) mass is 241 g/mol. The molecule has 92 valence electrons. The van der Waals surface area contributed by atoms with Crippen LogP contribution in [0.5, 0.6) is 0 Å². The Bertz CT molecular complexity index is 333. The third-order valence-electron chi connectivity index (χ3n) is 2.98. The lowest BCUT2D eigenvalue weighted by molar-refractivity contribution is 0.421. The molecule has 16 heavy (non-hydrogen) atoms. The number of hydrogen-bond donors (Lipinski definition) is 2. The number of aromatic nitrogens is 1. The summed E-state index contributed by atoms with van der Waals surface area (Å²) in [6, 6.07) is 0.608. The molecule has 0 spiro atoms. The van der Waals surface area contributed by atoms with Crippen LogP contribution in [0.3, 0.4) is 0 Å². The quantitative estimate of drug-likeness (QED) is 0.832. The van der Waals surface area contributed by atoms with Crippen LogP contribution in [0.2, 0.25) is 0 Å². The molecule has 0 aliphatic heterocycles. The maximum Gasteiger partial charge on any atom is 0.0900 e. The van der Waals surface area contributed by atoms with Crippen molar-refractivity contribution >= 4 is 11.3 Å². The van der Waals surface area contributed by atoms with Crippen molar-refractivity contribution in [3.63, 3.8) is 0 Å². The van der Waals surface area contributed by atoms with Gasteiger partial charge in [-0.15, -0.1) is 11.3 Å². The van der Waals surface area contributed by atoms with Gasteiger partial charge in [0, 0.05) is 17.0 Å². The number of rotatable bonds is 5. The molecule has 0 radical (unpaired) electrons. The Balaban J connectivity index is 2.53. The summed E-state index contributed by atoms with van der Waals surface area (Å²) in [5, 5.41) is 4.66. The molecule has 1 heterocycles. The summed E-state index contributed by atoms with van der Waals surface area (Å²) >= 11 is 1.78. The first-order valence-corrected chi connectivity index (χ1v) is 6.66. The van der Waals surface area contributed by atoms with Crippen molar-refractivity contribution in [2.75, 3.05) is 6.54 Å². The van der Waals surface area contributed by atoms with Gasteiger partial charge in [-0.25, -0.2) is 4.98 Å². The normalized spacial score (nSPS) is 17.1. The van der Waals surface area contributed by atoms with Gasteiger partial charge in [0.2, 0.25) is 0 Å². The van der Waals surface area contributed by atoms with Gasteiger partial charge in [0.1, 0.15) is 0 Å². The summed E-state index contributed by atoms with van der Waals surface area (Å²) in [6.45, 7) is 11.5. The van der Waals surface area contributed by atoms with E-state index in [0.29, 0.717) is 12.0 Å². The Morgan fingerprint density at radius 2 is 1.94 bits per heavy atom. The van der Waals surface area contributed by atoms with Gasteiger partial charge in [-0.3, -0.25) is 0 Å². The van der Waals surface area contributed by atoms with Gasteiger partial charge >= 0.3 is 0 Å². The van der Waals surface area contributed by atoms with Crippen LogP contribution >= 0.6 is 11.3 Å². The summed E-state index contributed by atoms with van der Waals surface area (Å²) in [6.07, 6.45) is 0. The average Bonchev–Trinajstić information content (AvgIpc) is 2.53. The van der Waals surface area contributed by atoms with E-state index in [1.165, 1.54) is 4.88 Å². The summed E-state index contributed by atoms with van der Waals surface area (Å²) in [4.78, 5) is 5.79. The molecule has 1 aromatic rings. The van der Waals surface area contributed by atoms with Crippen molar-refractivity contribution < 1.29 is 0 Å². The summed E-state index contributed by atoms with van der Waals surface area (Å²) in [7, 11) is 0. The van der Waals surface area contributed by atoms with Gasteiger partial charge in [-0.1, -0.05) is 6.92 Å². The van der Waals surface area contributed by atoms with E-state index in [-0.39, 0.29) is 6.04 Å². The molecule has 3 N–H and O–H groups in total. The van der Waals surface area contributed by atoms with Crippen LogP contribution in [-0.4, -0.2) is 17.6 Å². The summed E-state index contributed by atoms with van der Waals surface area (Å²) in [5.74, 6) is 0.497. The van der Waals surface area contributed by atoms with Crippen molar-refractivity contribution in [1.82, 2.24) is 10.3 Å². The smallest absolute Gasteiger partial charge is 0.0900 e. The van der Waals surface area contributed by atoms with Crippen LogP contribution in [-0.2, 0) is 0 Å². The Morgan fingerprint density at radius 3 is 2.38 bits per heavy atom. The molecule has 0 fully saturated rings. The minimum Gasteiger partial charge on any atom is -0.328 e. The lowest BCUT2D eigenvalue weighted by Crippen LogP contribution is -2.34. The Hall–Kier alpha value is -0.450. The average molecular weight is 241 g/mol. The predicted octanol–water partition coefficient (Wildman–Crippen LogP) is 2.39. The highest BCUT2D eigenvalue weighted by molar-refractivity contribution is 7.11. The maximum absolute atomic E-state index is 5.85. The van der Waals surface area contributed by atoms with E-state index in [9.17, 15) is 0 Å². The Kier molecular flexibility index (Phi) is 4.89. The minimum absolute atomic E-state index is 0.240. The molecule has 0 amide bonds. The van der Waals surface area contributed by atoms with Crippen molar-refractivity contribution in [3.8, 4) is 0 Å². The maximum atomic E-state index is 5.85. The Labute approximate surface area is 102 Å². The van der Waals surface area contributed by atoms with Crippen LogP contribution < -0.4 is 11.1 Å². The highest BCUT2D eigenvalue weighted by atomic mass is 32.1. The summed E-state index contributed by atoms with van der Waals surface area (Å²) in [5.41, 5.74) is 6.99. The molecule has 1 aromatic heterocycles. The molecule has 1 rings (SSSR count). The van der Waals surface area contributed by atoms with Gasteiger partial charge < -0.3 is 11.1 Å². The highest BCUT2D eigenvalue weighted by Crippen LogP contribution is 2.24. The van der Waals surface area contributed by atoms with Crippen molar-refractivity contribution in [1.29, 1.82) is 0 Å². The van der Waals surface area contributed by atoms with Gasteiger partial charge in [-0.05, 0) is 40.2 Å². The van der Waals surface area contributed by atoms with Crippen LogP contribution in [0.25, 0.3) is 0 Å². The topological polar surface area (TPSA) is 50.9 Å². The lowest BCUT2D eigenvalue weighted by atomic mass is 10.0. The molecule has 0 aliphatic carbocycles. The van der Waals surface area contributed by atoms with Gasteiger partial charge in [-0.2, -0.15) is 0 Å². The molecule has 3 nitrogen and oxygen atoms in total. The van der Waals surface area contributed by atoms with E-state index in [2.05, 4.69) is 44.9 Å². The largest absolute Gasteiger partial charge is 0.328 e. The number of nitrogens with one attached hydrogen (secondary N) is 1. The number of nitrogens with two attached hydrogens (primary N) is 1. The van der Waals surface area contributed by atoms with Crippen molar-refractivity contribution in [2.45, 2.75) is 46.7 Å². The SMILES string of the molecule is Cc1nc(C)c(C(C)NCC(C)C(C)N)s1. The molecular weight excluding hydrogens is 218 g/mol. The second kappa shape index (κ2) is 5.75. The molecule has 0 aromatic carbocycles. The number of hydrogen-bond acceptors (Lipinski definition) is 4. The fourth-order valence-corrected chi connectivity index (χ4v) is 2.54. The standard InChI is InChI=1S/C12H23N3S/c1-7(8(2)13)6-14-9(3)12-10(4)15-11(5)16-12/h7-9,14H,6,13H2,1-5H3. The zero-order valence-electron chi connectivity index (χ0n) is 10.9. The zero-order chi connectivity index (χ0) is 12.3. The fourth-order valence-electron chi connectivity index (χ4n) is 1.59. The van der Waals surface area contributed by atoms with E-state index in [1.807, 2.05) is 0 Å². The molecular formula is C12H23N3S. The molecule has 0 saturated heterocycles. The first kappa shape index (κ1) is 13.6. The molecule has 3 atom stereocenters. The van der Waals surface area contributed by atoms with E-state index in [0.717, 1.165) is 17.2 Å². The van der Waals surface area contributed by atoms with Crippen LogP contribution in [0.4, 0.5) is 0 Å². The first-order valence-electron chi connectivity index (χ1n) is 5.84. The third-order valence-corrected chi connectivity index (χ3v) is 4.23. The zero-order valence-corrected chi connectivity index (χ0v) is 11.7. The van der Waals surface area contributed by atoms with Crippen molar-refractivity contribution in [3.05, 3.63) is 15.6 Å². The van der Waals surface area contributed by atoms with E-state index < -0.39 is 0 Å². The predicted molar refractivity (Wildman–Crippen MR) is 70.8 cm³/mol. The molecule has 0 saturated carbocycles. The first-order chi connectivity index (χ1) is 7.41. The van der Waals surface area contributed by atoms with Gasteiger partial charge in [0.15, 0.2) is 0 Å². The second-order valence-corrected chi connectivity index (χ2v) is 5.88. The van der Waals surface area contributed by atoms with E-state index in [4.69, 9.17) is 5.73 Å². The van der Waals surface area contributed by atoms with Crippen LogP contribution in [0.15, 0.2) is 0 Å². The van der Waals surface area contributed by atoms with Gasteiger partial charge in [0.05, 0.1) is 10.7 Å². The number of aryl methyl sites for hydroxylation is 2. The minimum atomic E-state index is 0.240. The van der Waals surface area contributed by atoms with Gasteiger partial charge in [0.25, 0.3) is 0 Å². The Morgan fingerprint density at radius 1 is 1.31 bits per heavy atom. The fraction of sp³-hybridized carbons (Fsp3) is 0.750. The number of nitrogens with zero attached hydrogens (tertiary/aromatic N) is 1. The molecule has 0 bridgehead atoms. The second-order valence-electron chi connectivity index (χ2n) is 4.65. The number of thiazole rings is 1. The molecule has 4 heteroatoms. The van der Waals surface area contributed by atoms with E-state index in [1.54, 1.807) is 11.3 Å². The van der Waals surface area contributed by atoms with Crippen LogP contribution in [0, 0.1) is 19.8 Å². The third kappa shape index (κ3) is 3.54. The molecule has 3 unspecified atom stereocenters.